The molecular weight excluding hydrogens is 276 g/mol. The van der Waals surface area contributed by atoms with E-state index in [-0.39, 0.29) is 5.56 Å². The first-order chi connectivity index (χ1) is 7.29. The second-order valence-electron chi connectivity index (χ2n) is 2.16. The predicted octanol–water partition coefficient (Wildman–Crippen LogP) is 3.41. The highest BCUT2D eigenvalue weighted by atomic mass is 79.9. The molecule has 0 aliphatic rings. The van der Waals surface area contributed by atoms with Crippen LogP contribution in [0, 0.1) is 0 Å². The second-order valence-corrected chi connectivity index (χ2v) is 4.07. The number of aromatic nitrogens is 2. The number of fused-ring (bicyclic) bond motifs is 1. The van der Waals surface area contributed by atoms with Gasteiger partial charge in [0.2, 0.25) is 0 Å². The van der Waals surface area contributed by atoms with E-state index in [1.54, 1.807) is 18.3 Å². The van der Waals surface area contributed by atoms with Gasteiger partial charge in [-0.1, -0.05) is 36.7 Å². The number of aromatic amines is 1. The molecule has 0 aliphatic heterocycles. The molecule has 0 unspecified atom stereocenters. The Kier molecular flexibility index (Phi) is 8.22. The summed E-state index contributed by atoms with van der Waals surface area (Å²) in [5, 5.41) is 1.74. The number of nitrogens with one attached hydrogen (secondary N) is 1. The maximum absolute atomic E-state index is 10.9. The van der Waals surface area contributed by atoms with Crippen molar-refractivity contribution in [3.05, 3.63) is 28.7 Å². The number of nitrogens with zero attached hydrogens (tertiary/aromatic N) is 1. The van der Waals surface area contributed by atoms with E-state index in [9.17, 15) is 4.79 Å². The minimum atomic E-state index is -0.0481. The van der Waals surface area contributed by atoms with Crippen molar-refractivity contribution in [3.63, 3.8) is 0 Å². The average molecular weight is 291 g/mol. The number of hydrogen-bond donors (Lipinski definition) is 1. The lowest BCUT2D eigenvalue weighted by Gasteiger charge is -1.79. The van der Waals surface area contributed by atoms with Gasteiger partial charge in [-0.2, -0.15) is 0 Å². The lowest BCUT2D eigenvalue weighted by Crippen LogP contribution is -1.95. The van der Waals surface area contributed by atoms with Crippen LogP contribution in [0.3, 0.4) is 0 Å². The summed E-state index contributed by atoms with van der Waals surface area (Å²) in [6.45, 7) is 6.04. The third-order valence-corrected chi connectivity index (χ3v) is 2.06. The van der Waals surface area contributed by atoms with E-state index in [0.29, 0.717) is 5.39 Å². The Hall–Kier alpha value is -0.680. The smallest absolute Gasteiger partial charge is 0.267 e. The summed E-state index contributed by atoms with van der Waals surface area (Å²) in [5.41, 5.74) is -0.0481. The summed E-state index contributed by atoms with van der Waals surface area (Å²) in [4.78, 5) is 15.7. The van der Waals surface area contributed by atoms with Crippen LogP contribution in [0.15, 0.2) is 23.1 Å². The van der Waals surface area contributed by atoms with Gasteiger partial charge >= 0.3 is 0 Å². The lowest BCUT2D eigenvalue weighted by molar-refractivity contribution is 1.43. The fraction of sp³-hybridized carbons (Fsp3) is 0.400. The van der Waals surface area contributed by atoms with Crippen molar-refractivity contribution >= 4 is 37.7 Å². The molecule has 0 saturated heterocycles. The molecule has 0 spiro atoms. The molecule has 2 aromatic heterocycles. The molecule has 2 rings (SSSR count). The highest BCUT2D eigenvalue weighted by Gasteiger charge is 1.97. The number of hydrogen-bond acceptors (Lipinski definition) is 3. The van der Waals surface area contributed by atoms with E-state index in [0.717, 1.165) is 10.2 Å². The highest BCUT2D eigenvalue weighted by molar-refractivity contribution is 9.09. The van der Waals surface area contributed by atoms with Crippen LogP contribution in [0.1, 0.15) is 20.8 Å². The van der Waals surface area contributed by atoms with Crippen molar-refractivity contribution in [2.45, 2.75) is 20.8 Å². The van der Waals surface area contributed by atoms with Crippen molar-refractivity contribution in [2.24, 2.45) is 0 Å². The second kappa shape index (κ2) is 8.61. The zero-order valence-electron chi connectivity index (χ0n) is 9.08. The largest absolute Gasteiger partial charge is 0.275 e. The van der Waals surface area contributed by atoms with Crippen LogP contribution >= 0.6 is 27.5 Å². The number of alkyl halides is 1. The fourth-order valence-corrected chi connectivity index (χ4v) is 1.48. The van der Waals surface area contributed by atoms with Crippen LogP contribution < -0.4 is 5.56 Å². The summed E-state index contributed by atoms with van der Waals surface area (Å²) in [6, 6.07) is 3.52. The van der Waals surface area contributed by atoms with Crippen LogP contribution in [0.2, 0.25) is 0 Å². The van der Waals surface area contributed by atoms with Crippen LogP contribution in [-0.4, -0.2) is 14.7 Å². The molecule has 0 amide bonds. The zero-order chi connectivity index (χ0) is 11.7. The molecule has 5 heteroatoms. The van der Waals surface area contributed by atoms with Gasteiger partial charge in [0.05, 0.1) is 5.39 Å². The molecule has 2 aromatic rings. The van der Waals surface area contributed by atoms with Crippen LogP contribution in [0.25, 0.3) is 10.2 Å². The van der Waals surface area contributed by atoms with Crippen molar-refractivity contribution < 1.29 is 0 Å². The van der Waals surface area contributed by atoms with Gasteiger partial charge in [0.25, 0.3) is 5.56 Å². The molecule has 84 valence electrons. The van der Waals surface area contributed by atoms with E-state index in [4.69, 9.17) is 0 Å². The van der Waals surface area contributed by atoms with Crippen LogP contribution in [-0.2, 0) is 0 Å². The molecule has 0 aliphatic carbocycles. The van der Waals surface area contributed by atoms with Gasteiger partial charge in [0.1, 0.15) is 4.83 Å². The summed E-state index contributed by atoms with van der Waals surface area (Å²) in [5.74, 6) is 0. The standard InChI is InChI=1S/C6H4N2OS.C2H5Br.C2H6/c9-5-4-2-1-3-7-6(4)10-8-5;1-2-3;1-2/h1-3H,(H,8,9);2H2,1H3;1-2H3. The van der Waals surface area contributed by atoms with Gasteiger partial charge in [-0.25, -0.2) is 4.98 Å². The summed E-state index contributed by atoms with van der Waals surface area (Å²) in [7, 11) is 0. The van der Waals surface area contributed by atoms with Crippen molar-refractivity contribution in [1.29, 1.82) is 0 Å². The summed E-state index contributed by atoms with van der Waals surface area (Å²) >= 11 is 4.41. The Labute approximate surface area is 102 Å². The normalized spacial score (nSPS) is 8.53. The number of halogens is 1. The molecule has 2 heterocycles. The van der Waals surface area contributed by atoms with Gasteiger partial charge in [-0.3, -0.25) is 9.17 Å². The van der Waals surface area contributed by atoms with E-state index in [2.05, 4.69) is 25.3 Å². The number of H-pyrrole nitrogens is 1. The first-order valence-electron chi connectivity index (χ1n) is 4.77. The van der Waals surface area contributed by atoms with Gasteiger partial charge in [0.15, 0.2) is 0 Å². The van der Waals surface area contributed by atoms with Crippen molar-refractivity contribution in [3.8, 4) is 0 Å². The van der Waals surface area contributed by atoms with Gasteiger partial charge in [-0.15, -0.1) is 0 Å². The summed E-state index contributed by atoms with van der Waals surface area (Å²) < 4.78 is 2.60. The summed E-state index contributed by atoms with van der Waals surface area (Å²) in [6.07, 6.45) is 1.67. The molecule has 0 fully saturated rings. The minimum Gasteiger partial charge on any atom is -0.275 e. The number of pyridine rings is 1. The fourth-order valence-electron chi connectivity index (χ4n) is 0.795. The third-order valence-electron chi connectivity index (χ3n) is 1.26. The lowest BCUT2D eigenvalue weighted by atomic mass is 10.4. The molecule has 0 radical (unpaired) electrons. The monoisotopic (exact) mass is 290 g/mol. The first kappa shape index (κ1) is 14.3. The van der Waals surface area contributed by atoms with E-state index in [1.807, 2.05) is 20.8 Å². The molecule has 0 atom stereocenters. The van der Waals surface area contributed by atoms with Crippen molar-refractivity contribution in [2.75, 3.05) is 5.33 Å². The molecule has 0 bridgehead atoms. The maximum Gasteiger partial charge on any atom is 0.267 e. The van der Waals surface area contributed by atoms with Gasteiger partial charge < -0.3 is 0 Å². The van der Waals surface area contributed by atoms with Gasteiger partial charge in [0, 0.05) is 11.5 Å². The Morgan fingerprint density at radius 2 is 2.13 bits per heavy atom. The van der Waals surface area contributed by atoms with Crippen molar-refractivity contribution in [1.82, 2.24) is 9.36 Å². The first-order valence-corrected chi connectivity index (χ1v) is 6.71. The maximum atomic E-state index is 10.9. The predicted molar refractivity (Wildman–Crippen MR) is 71.1 cm³/mol. The molecule has 15 heavy (non-hydrogen) atoms. The Morgan fingerprint density at radius 3 is 2.67 bits per heavy atom. The topological polar surface area (TPSA) is 45.8 Å². The molecule has 1 N–H and O–H groups in total. The van der Waals surface area contributed by atoms with Crippen LogP contribution in [0.5, 0.6) is 0 Å². The quantitative estimate of drug-likeness (QED) is 0.756. The average Bonchev–Trinajstić information content (AvgIpc) is 2.65. The molecular formula is C10H15BrN2OS. The van der Waals surface area contributed by atoms with E-state index < -0.39 is 0 Å². The SMILES string of the molecule is CC.CCBr.O=c1[nH]sc2ncccc12. The molecule has 3 nitrogen and oxygen atoms in total. The molecule has 0 aromatic carbocycles. The minimum absolute atomic E-state index is 0.0481. The zero-order valence-corrected chi connectivity index (χ0v) is 11.5. The Bertz CT molecular complexity index is 424. The van der Waals surface area contributed by atoms with E-state index >= 15 is 0 Å². The van der Waals surface area contributed by atoms with E-state index in [1.165, 1.54) is 11.5 Å². The highest BCUT2D eigenvalue weighted by Crippen LogP contribution is 2.07. The molecule has 0 saturated carbocycles. The third kappa shape index (κ3) is 4.57. The van der Waals surface area contributed by atoms with Crippen LogP contribution in [0.4, 0.5) is 0 Å². The number of rotatable bonds is 0. The Balaban J connectivity index is 0.000000342. The Morgan fingerprint density at radius 1 is 1.53 bits per heavy atom. The van der Waals surface area contributed by atoms with Gasteiger partial charge in [-0.05, 0) is 23.7 Å².